The molecule has 3 nitrogen and oxygen atoms in total. The molecule has 0 aliphatic heterocycles. The molecular weight excluding hydrogens is 309 g/mol. The van der Waals surface area contributed by atoms with Gasteiger partial charge in [0, 0.05) is 0 Å². The van der Waals surface area contributed by atoms with Gasteiger partial charge in [-0.3, -0.25) is 0 Å². The van der Waals surface area contributed by atoms with Crippen LogP contribution in [-0.4, -0.2) is 17.4 Å². The molecule has 6 heteroatoms. The van der Waals surface area contributed by atoms with Gasteiger partial charge in [0.1, 0.15) is 11.3 Å². The first kappa shape index (κ1) is 16.9. The van der Waals surface area contributed by atoms with E-state index < -0.39 is 23.6 Å². The Hall–Kier alpha value is -2.50. The van der Waals surface area contributed by atoms with E-state index in [1.165, 1.54) is 6.07 Å². The third kappa shape index (κ3) is 4.25. The number of carbonyl (C=O) groups is 1. The fourth-order valence-corrected chi connectivity index (χ4v) is 2.17. The van der Waals surface area contributed by atoms with E-state index in [1.807, 2.05) is 26.0 Å². The van der Waals surface area contributed by atoms with Crippen LogP contribution in [0.1, 0.15) is 35.7 Å². The van der Waals surface area contributed by atoms with Crippen LogP contribution >= 0.6 is 0 Å². The van der Waals surface area contributed by atoms with Crippen molar-refractivity contribution in [1.82, 2.24) is 0 Å². The number of aromatic carboxylic acids is 1. The number of benzene rings is 2. The number of rotatable bonds is 4. The summed E-state index contributed by atoms with van der Waals surface area (Å²) in [5.41, 5.74) is 1.64. The molecule has 0 unspecified atom stereocenters. The number of ether oxygens (including phenoxy) is 1. The van der Waals surface area contributed by atoms with Crippen LogP contribution in [0.5, 0.6) is 5.75 Å². The van der Waals surface area contributed by atoms with Crippen molar-refractivity contribution < 1.29 is 27.8 Å². The Morgan fingerprint density at radius 3 is 2.30 bits per heavy atom. The molecule has 1 N–H and O–H groups in total. The van der Waals surface area contributed by atoms with Crippen LogP contribution in [0, 0.1) is 0 Å². The molecular formula is C17H15F3O3. The maximum Gasteiger partial charge on any atom is 0.573 e. The van der Waals surface area contributed by atoms with Crippen molar-refractivity contribution in [2.75, 3.05) is 0 Å². The van der Waals surface area contributed by atoms with E-state index >= 15 is 0 Å². The second-order valence-corrected chi connectivity index (χ2v) is 5.34. The topological polar surface area (TPSA) is 46.5 Å². The van der Waals surface area contributed by atoms with Gasteiger partial charge in [0.2, 0.25) is 0 Å². The number of carboxylic acid groups (broad SMARTS) is 1. The molecule has 0 bridgehead atoms. The van der Waals surface area contributed by atoms with Crippen molar-refractivity contribution in [2.45, 2.75) is 26.1 Å². The smallest absolute Gasteiger partial charge is 0.478 e. The molecule has 0 saturated heterocycles. The zero-order valence-electron chi connectivity index (χ0n) is 12.5. The van der Waals surface area contributed by atoms with E-state index in [4.69, 9.17) is 5.11 Å². The highest BCUT2D eigenvalue weighted by molar-refractivity contribution is 5.92. The standard InChI is InChI=1S/C17H15F3O3/c1-10(2)11-4-3-5-12(8-11)13-6-7-14(16(21)22)15(9-13)23-17(18,19)20/h3-10H,1-2H3,(H,21,22). The number of halogens is 3. The lowest BCUT2D eigenvalue weighted by molar-refractivity contribution is -0.274. The molecule has 0 spiro atoms. The van der Waals surface area contributed by atoms with Gasteiger partial charge in [-0.15, -0.1) is 13.2 Å². The van der Waals surface area contributed by atoms with Crippen LogP contribution < -0.4 is 4.74 Å². The van der Waals surface area contributed by atoms with Crippen molar-refractivity contribution >= 4 is 5.97 Å². The van der Waals surface area contributed by atoms with E-state index in [-0.39, 0.29) is 5.92 Å². The van der Waals surface area contributed by atoms with Crippen molar-refractivity contribution in [2.24, 2.45) is 0 Å². The van der Waals surface area contributed by atoms with Crippen LogP contribution in [0.25, 0.3) is 11.1 Å². The molecule has 0 amide bonds. The third-order valence-corrected chi connectivity index (χ3v) is 3.32. The Labute approximate surface area is 131 Å². The molecule has 2 aromatic carbocycles. The normalized spacial score (nSPS) is 11.6. The number of hydrogen-bond acceptors (Lipinski definition) is 2. The van der Waals surface area contributed by atoms with Gasteiger partial charge in [-0.25, -0.2) is 4.79 Å². The minimum Gasteiger partial charge on any atom is -0.478 e. The van der Waals surface area contributed by atoms with Crippen molar-refractivity contribution in [1.29, 1.82) is 0 Å². The van der Waals surface area contributed by atoms with Gasteiger partial charge >= 0.3 is 12.3 Å². The second kappa shape index (κ2) is 6.32. The lowest BCUT2D eigenvalue weighted by Crippen LogP contribution is -2.19. The lowest BCUT2D eigenvalue weighted by atomic mass is 9.96. The van der Waals surface area contributed by atoms with Crippen LogP contribution in [0.3, 0.4) is 0 Å². The lowest BCUT2D eigenvalue weighted by Gasteiger charge is -2.14. The Bertz CT molecular complexity index is 721. The van der Waals surface area contributed by atoms with Gasteiger partial charge in [0.05, 0.1) is 0 Å². The van der Waals surface area contributed by atoms with Crippen molar-refractivity contribution in [3.05, 3.63) is 53.6 Å². The number of alkyl halides is 3. The first-order valence-corrected chi connectivity index (χ1v) is 6.91. The zero-order valence-corrected chi connectivity index (χ0v) is 12.5. The highest BCUT2D eigenvalue weighted by Gasteiger charge is 2.33. The van der Waals surface area contributed by atoms with Gasteiger partial charge in [-0.05, 0) is 34.7 Å². The summed E-state index contributed by atoms with van der Waals surface area (Å²) in [6.45, 7) is 4.01. The molecule has 23 heavy (non-hydrogen) atoms. The summed E-state index contributed by atoms with van der Waals surface area (Å²) in [6.07, 6.45) is -4.96. The molecule has 0 atom stereocenters. The second-order valence-electron chi connectivity index (χ2n) is 5.34. The first-order chi connectivity index (χ1) is 10.7. The largest absolute Gasteiger partial charge is 0.573 e. The predicted octanol–water partition coefficient (Wildman–Crippen LogP) is 5.07. The van der Waals surface area contributed by atoms with Crippen LogP contribution in [-0.2, 0) is 0 Å². The molecule has 2 aromatic rings. The van der Waals surface area contributed by atoms with E-state index in [0.717, 1.165) is 17.7 Å². The molecule has 0 heterocycles. The van der Waals surface area contributed by atoms with Crippen LogP contribution in [0.4, 0.5) is 13.2 Å². The fourth-order valence-electron chi connectivity index (χ4n) is 2.17. The molecule has 0 fully saturated rings. The Morgan fingerprint density at radius 1 is 1.09 bits per heavy atom. The summed E-state index contributed by atoms with van der Waals surface area (Å²) in [7, 11) is 0. The molecule has 0 radical (unpaired) electrons. The summed E-state index contributed by atoms with van der Waals surface area (Å²) in [5.74, 6) is -1.94. The summed E-state index contributed by atoms with van der Waals surface area (Å²) >= 11 is 0. The predicted molar refractivity (Wildman–Crippen MR) is 79.6 cm³/mol. The first-order valence-electron chi connectivity index (χ1n) is 6.91. The minimum absolute atomic E-state index is 0.263. The average molecular weight is 324 g/mol. The highest BCUT2D eigenvalue weighted by Crippen LogP contribution is 2.32. The summed E-state index contributed by atoms with van der Waals surface area (Å²) < 4.78 is 41.3. The Morgan fingerprint density at radius 2 is 1.74 bits per heavy atom. The quantitative estimate of drug-likeness (QED) is 0.853. The SMILES string of the molecule is CC(C)c1cccc(-c2ccc(C(=O)O)c(OC(F)(F)F)c2)c1. The zero-order chi connectivity index (χ0) is 17.2. The number of carboxylic acids is 1. The summed E-state index contributed by atoms with van der Waals surface area (Å²) in [4.78, 5) is 11.1. The average Bonchev–Trinajstić information content (AvgIpc) is 2.45. The molecule has 0 aliphatic carbocycles. The van der Waals surface area contributed by atoms with E-state index in [0.29, 0.717) is 11.1 Å². The van der Waals surface area contributed by atoms with Crippen molar-refractivity contribution in [3.8, 4) is 16.9 Å². The molecule has 0 aliphatic rings. The fraction of sp³-hybridized carbons (Fsp3) is 0.235. The Balaban J connectivity index is 2.50. The van der Waals surface area contributed by atoms with Gasteiger partial charge in [-0.2, -0.15) is 0 Å². The summed E-state index contributed by atoms with van der Waals surface area (Å²) in [5, 5.41) is 8.99. The highest BCUT2D eigenvalue weighted by atomic mass is 19.4. The monoisotopic (exact) mass is 324 g/mol. The van der Waals surface area contributed by atoms with E-state index in [1.54, 1.807) is 12.1 Å². The van der Waals surface area contributed by atoms with Crippen LogP contribution in [0.2, 0.25) is 0 Å². The Kier molecular flexibility index (Phi) is 4.63. The maximum atomic E-state index is 12.5. The minimum atomic E-state index is -4.96. The van der Waals surface area contributed by atoms with E-state index in [9.17, 15) is 18.0 Å². The summed E-state index contributed by atoms with van der Waals surface area (Å²) in [6, 6.07) is 11.0. The molecule has 122 valence electrons. The number of hydrogen-bond donors (Lipinski definition) is 1. The molecule has 0 aromatic heterocycles. The van der Waals surface area contributed by atoms with Crippen molar-refractivity contribution in [3.63, 3.8) is 0 Å². The van der Waals surface area contributed by atoms with Gasteiger partial charge < -0.3 is 9.84 Å². The van der Waals surface area contributed by atoms with E-state index in [2.05, 4.69) is 4.74 Å². The molecule has 2 rings (SSSR count). The van der Waals surface area contributed by atoms with Crippen LogP contribution in [0.15, 0.2) is 42.5 Å². The third-order valence-electron chi connectivity index (χ3n) is 3.32. The molecule has 0 saturated carbocycles. The maximum absolute atomic E-state index is 12.5. The van der Waals surface area contributed by atoms with Gasteiger partial charge in [0.25, 0.3) is 0 Å². The van der Waals surface area contributed by atoms with Gasteiger partial charge in [-0.1, -0.05) is 44.2 Å². The van der Waals surface area contributed by atoms with Gasteiger partial charge in [0.15, 0.2) is 0 Å².